The Balaban J connectivity index is 1.79. The lowest BCUT2D eigenvalue weighted by Gasteiger charge is -2.23. The molecule has 0 aromatic heterocycles. The normalized spacial score (nSPS) is 16.7. The van der Waals surface area contributed by atoms with E-state index in [1.165, 1.54) is 89.9 Å². The number of β-amino-alcohol motifs (C(OH)–C–C–N with tert-alkyl or cyclic N) is 1. The first kappa shape index (κ1) is 23.1. The van der Waals surface area contributed by atoms with Crippen LogP contribution in [-0.2, 0) is 0 Å². The molecule has 1 atom stereocenters. The van der Waals surface area contributed by atoms with Crippen LogP contribution in [0.25, 0.3) is 0 Å². The highest BCUT2D eigenvalue weighted by atomic mass is 16.3. The van der Waals surface area contributed by atoms with Crippen molar-refractivity contribution in [3.8, 4) is 0 Å². The van der Waals surface area contributed by atoms with E-state index < -0.39 is 0 Å². The molecule has 1 aliphatic heterocycles. The van der Waals surface area contributed by atoms with Gasteiger partial charge in [0.2, 0.25) is 0 Å². The maximum absolute atomic E-state index is 9.04. The van der Waals surface area contributed by atoms with Gasteiger partial charge in [-0.25, -0.2) is 0 Å². The number of hydrogen-bond donors (Lipinski definition) is 2. The van der Waals surface area contributed by atoms with Gasteiger partial charge < -0.3 is 15.3 Å². The van der Waals surface area contributed by atoms with Crippen LogP contribution in [0.5, 0.6) is 0 Å². The van der Waals surface area contributed by atoms with Crippen molar-refractivity contribution in [2.24, 2.45) is 0 Å². The van der Waals surface area contributed by atoms with Crippen LogP contribution in [0.15, 0.2) is 24.6 Å². The molecule has 0 fully saturated rings. The summed E-state index contributed by atoms with van der Waals surface area (Å²) in [5.41, 5.74) is 0. The Hall–Kier alpha value is -0.960. The topological polar surface area (TPSA) is 35.5 Å². The Morgan fingerprint density at radius 3 is 2.00 bits per heavy atom. The van der Waals surface area contributed by atoms with E-state index in [9.17, 15) is 0 Å². The van der Waals surface area contributed by atoms with Gasteiger partial charge in [0, 0.05) is 25.4 Å². The Morgan fingerprint density at radius 1 is 0.846 bits per heavy atom. The number of rotatable bonds is 18. The highest BCUT2D eigenvalue weighted by molar-refractivity contribution is 4.97. The van der Waals surface area contributed by atoms with E-state index >= 15 is 0 Å². The predicted octanol–water partition coefficient (Wildman–Crippen LogP) is 6.11. The Bertz CT molecular complexity index is 354. The summed E-state index contributed by atoms with van der Waals surface area (Å²) >= 11 is 0. The molecule has 1 heterocycles. The van der Waals surface area contributed by atoms with Crippen LogP contribution >= 0.6 is 0 Å². The third-order valence-electron chi connectivity index (χ3n) is 5.31. The van der Waals surface area contributed by atoms with Crippen molar-refractivity contribution in [3.63, 3.8) is 0 Å². The van der Waals surface area contributed by atoms with Gasteiger partial charge in [-0.1, -0.05) is 96.1 Å². The molecule has 0 saturated heterocycles. The van der Waals surface area contributed by atoms with Crippen LogP contribution in [0.1, 0.15) is 103 Å². The van der Waals surface area contributed by atoms with E-state index in [1.807, 2.05) is 12.4 Å². The van der Waals surface area contributed by atoms with Gasteiger partial charge in [-0.15, -0.1) is 0 Å². The maximum atomic E-state index is 9.04. The molecule has 0 amide bonds. The van der Waals surface area contributed by atoms with E-state index in [2.05, 4.69) is 29.3 Å². The summed E-state index contributed by atoms with van der Waals surface area (Å²) in [6.07, 6.45) is 29.6. The van der Waals surface area contributed by atoms with Gasteiger partial charge in [0.25, 0.3) is 0 Å². The van der Waals surface area contributed by atoms with Crippen LogP contribution < -0.4 is 5.32 Å². The highest BCUT2D eigenvalue weighted by Gasteiger charge is 2.15. The first-order chi connectivity index (χ1) is 12.9. The summed E-state index contributed by atoms with van der Waals surface area (Å²) in [4.78, 5) is 2.16. The fraction of sp³-hybridized carbons (Fsp3) is 0.826. The molecule has 1 unspecified atom stereocenters. The zero-order valence-electron chi connectivity index (χ0n) is 17.3. The molecule has 0 aliphatic carbocycles. The van der Waals surface area contributed by atoms with E-state index in [4.69, 9.17) is 5.11 Å². The van der Waals surface area contributed by atoms with Crippen molar-refractivity contribution < 1.29 is 5.11 Å². The van der Waals surface area contributed by atoms with Crippen LogP contribution in [-0.4, -0.2) is 29.3 Å². The Morgan fingerprint density at radius 2 is 1.42 bits per heavy atom. The summed E-state index contributed by atoms with van der Waals surface area (Å²) in [5, 5.41) is 12.4. The largest absolute Gasteiger partial charge is 0.395 e. The van der Waals surface area contributed by atoms with E-state index in [0.717, 1.165) is 6.42 Å². The third kappa shape index (κ3) is 12.4. The summed E-state index contributed by atoms with van der Waals surface area (Å²) < 4.78 is 0. The van der Waals surface area contributed by atoms with E-state index in [0.29, 0.717) is 12.7 Å². The molecule has 0 aromatic rings. The Kier molecular flexibility index (Phi) is 15.5. The van der Waals surface area contributed by atoms with Crippen molar-refractivity contribution in [2.45, 2.75) is 109 Å². The number of hydrogen-bond acceptors (Lipinski definition) is 3. The molecular weight excluding hydrogens is 320 g/mol. The number of nitrogens with one attached hydrogen (secondary N) is 1. The smallest absolute Gasteiger partial charge is 0.102 e. The van der Waals surface area contributed by atoms with Crippen molar-refractivity contribution in [3.05, 3.63) is 24.6 Å². The molecule has 0 bridgehead atoms. The second kappa shape index (κ2) is 17.5. The number of aliphatic hydroxyl groups is 1. The minimum Gasteiger partial charge on any atom is -0.395 e. The van der Waals surface area contributed by atoms with Crippen LogP contribution in [0.4, 0.5) is 0 Å². The van der Waals surface area contributed by atoms with Gasteiger partial charge in [-0.3, -0.25) is 0 Å². The van der Waals surface area contributed by atoms with E-state index in [-0.39, 0.29) is 6.61 Å². The second-order valence-corrected chi connectivity index (χ2v) is 7.70. The monoisotopic (exact) mass is 364 g/mol. The predicted molar refractivity (Wildman–Crippen MR) is 114 cm³/mol. The molecule has 3 nitrogen and oxygen atoms in total. The Labute approximate surface area is 162 Å². The minimum atomic E-state index is 0.213. The molecule has 1 aliphatic rings. The van der Waals surface area contributed by atoms with Crippen LogP contribution in [0.3, 0.4) is 0 Å². The summed E-state index contributed by atoms with van der Waals surface area (Å²) in [6.45, 7) is 3.21. The SMILES string of the molecule is CCCCCCCCCCCCCCC/C=C/CC1NC=CN1CCO. The molecular formula is C23H44N2O. The minimum absolute atomic E-state index is 0.213. The number of aliphatic hydroxyl groups excluding tert-OH is 1. The zero-order chi connectivity index (χ0) is 18.7. The summed E-state index contributed by atoms with van der Waals surface area (Å²) in [7, 11) is 0. The van der Waals surface area contributed by atoms with Gasteiger partial charge in [0.05, 0.1) is 6.61 Å². The fourth-order valence-electron chi connectivity index (χ4n) is 3.62. The van der Waals surface area contributed by atoms with Crippen LogP contribution in [0, 0.1) is 0 Å². The van der Waals surface area contributed by atoms with Crippen molar-refractivity contribution in [2.75, 3.05) is 13.2 Å². The molecule has 0 saturated carbocycles. The first-order valence-corrected chi connectivity index (χ1v) is 11.3. The van der Waals surface area contributed by atoms with Crippen LogP contribution in [0.2, 0.25) is 0 Å². The molecule has 0 spiro atoms. The highest BCUT2D eigenvalue weighted by Crippen LogP contribution is 2.13. The molecule has 0 aromatic carbocycles. The lowest BCUT2D eigenvalue weighted by Crippen LogP contribution is -2.36. The molecule has 1 rings (SSSR count). The van der Waals surface area contributed by atoms with Gasteiger partial charge >= 0.3 is 0 Å². The van der Waals surface area contributed by atoms with Gasteiger partial charge in [-0.05, 0) is 12.8 Å². The third-order valence-corrected chi connectivity index (χ3v) is 5.31. The number of allylic oxidation sites excluding steroid dienone is 1. The zero-order valence-corrected chi connectivity index (χ0v) is 17.3. The molecule has 0 radical (unpaired) electrons. The van der Waals surface area contributed by atoms with Crippen molar-refractivity contribution in [1.29, 1.82) is 0 Å². The van der Waals surface area contributed by atoms with E-state index in [1.54, 1.807) is 0 Å². The summed E-state index contributed by atoms with van der Waals surface area (Å²) in [5.74, 6) is 0. The number of unbranched alkanes of at least 4 members (excludes halogenated alkanes) is 13. The standard InChI is InChI=1S/C23H44N2O/c1-2-3-4-5-6-7-8-9-10-11-12-13-14-15-16-17-18-23-24-19-20-25(23)21-22-26/h16-17,19-20,23-24,26H,2-15,18,21-22H2,1H3/b17-16+. The molecule has 2 N–H and O–H groups in total. The fourth-order valence-corrected chi connectivity index (χ4v) is 3.62. The lowest BCUT2D eigenvalue weighted by molar-refractivity contribution is 0.202. The molecule has 26 heavy (non-hydrogen) atoms. The molecule has 3 heteroatoms. The molecule has 152 valence electrons. The van der Waals surface area contributed by atoms with Gasteiger partial charge in [0.1, 0.15) is 6.17 Å². The van der Waals surface area contributed by atoms with Crippen molar-refractivity contribution >= 4 is 0 Å². The number of nitrogens with zero attached hydrogens (tertiary/aromatic N) is 1. The lowest BCUT2D eigenvalue weighted by atomic mass is 10.0. The first-order valence-electron chi connectivity index (χ1n) is 11.3. The van der Waals surface area contributed by atoms with Gasteiger partial charge in [-0.2, -0.15) is 0 Å². The second-order valence-electron chi connectivity index (χ2n) is 7.70. The average Bonchev–Trinajstić information content (AvgIpc) is 3.09. The van der Waals surface area contributed by atoms with Crippen molar-refractivity contribution in [1.82, 2.24) is 10.2 Å². The average molecular weight is 365 g/mol. The quantitative estimate of drug-likeness (QED) is 0.227. The summed E-state index contributed by atoms with van der Waals surface area (Å²) in [6, 6.07) is 0. The maximum Gasteiger partial charge on any atom is 0.102 e. The van der Waals surface area contributed by atoms with Gasteiger partial charge in [0.15, 0.2) is 0 Å².